The van der Waals surface area contributed by atoms with Crippen molar-refractivity contribution in [1.82, 2.24) is 0 Å². The lowest BCUT2D eigenvalue weighted by atomic mass is 9.98. The van der Waals surface area contributed by atoms with Gasteiger partial charge >= 0.3 is 5.97 Å². The molecule has 0 amide bonds. The molecule has 0 unspecified atom stereocenters. The molecule has 0 bridgehead atoms. The van der Waals surface area contributed by atoms with Gasteiger partial charge in [-0.3, -0.25) is 0 Å². The summed E-state index contributed by atoms with van der Waals surface area (Å²) in [6, 6.07) is 0. The van der Waals surface area contributed by atoms with Gasteiger partial charge in [0.05, 0.1) is 6.61 Å². The number of ether oxygens (including phenoxy) is 3. The molecule has 2 aliphatic heterocycles. The average molecular weight is 326 g/mol. The number of aliphatic carboxylic acids is 1. The Kier molecular flexibility index (Phi) is 5.32. The van der Waals surface area contributed by atoms with E-state index in [0.717, 1.165) is 0 Å². The summed E-state index contributed by atoms with van der Waals surface area (Å²) >= 11 is 0. The number of rotatable bonds is 4. The Morgan fingerprint density at radius 2 is 1.59 bits per heavy atom. The maximum Gasteiger partial charge on any atom is 0.335 e. The zero-order valence-electron chi connectivity index (χ0n) is 11.2. The van der Waals surface area contributed by atoms with Crippen LogP contribution in [0, 0.1) is 0 Å². The second-order valence-corrected chi connectivity index (χ2v) is 5.07. The van der Waals surface area contributed by atoms with Gasteiger partial charge in [-0.2, -0.15) is 0 Å². The smallest absolute Gasteiger partial charge is 0.335 e. The van der Waals surface area contributed by atoms with Crippen molar-refractivity contribution in [2.24, 2.45) is 0 Å². The first-order valence-corrected chi connectivity index (χ1v) is 6.48. The summed E-state index contributed by atoms with van der Waals surface area (Å²) in [6.45, 7) is -0.614. The van der Waals surface area contributed by atoms with Crippen molar-refractivity contribution >= 4 is 5.97 Å². The molecule has 11 heteroatoms. The van der Waals surface area contributed by atoms with Crippen molar-refractivity contribution in [3.8, 4) is 0 Å². The molecule has 0 saturated carbocycles. The minimum atomic E-state index is -1.94. The van der Waals surface area contributed by atoms with Gasteiger partial charge in [0.25, 0.3) is 0 Å². The van der Waals surface area contributed by atoms with Gasteiger partial charge in [-0.05, 0) is 0 Å². The molecule has 22 heavy (non-hydrogen) atoms. The summed E-state index contributed by atoms with van der Waals surface area (Å²) in [6.07, 6.45) is -14.9. The zero-order valence-corrected chi connectivity index (χ0v) is 11.2. The van der Waals surface area contributed by atoms with Crippen LogP contribution in [0.2, 0.25) is 0 Å². The number of aliphatic hydroxyl groups is 6. The highest BCUT2D eigenvalue weighted by molar-refractivity contribution is 5.73. The Hall–Kier alpha value is -0.890. The summed E-state index contributed by atoms with van der Waals surface area (Å²) in [4.78, 5) is 10.9. The number of carbonyl (C=O) groups is 1. The largest absolute Gasteiger partial charge is 0.479 e. The topological polar surface area (TPSA) is 186 Å². The van der Waals surface area contributed by atoms with Crippen LogP contribution >= 0.6 is 0 Å². The van der Waals surface area contributed by atoms with E-state index in [9.17, 15) is 30.3 Å². The van der Waals surface area contributed by atoms with Gasteiger partial charge in [0.2, 0.25) is 0 Å². The van der Waals surface area contributed by atoms with Crippen LogP contribution in [0.25, 0.3) is 0 Å². The van der Waals surface area contributed by atoms with Crippen LogP contribution in [0.4, 0.5) is 0 Å². The minimum Gasteiger partial charge on any atom is -0.479 e. The number of aliphatic hydroxyl groups excluding tert-OH is 6. The third-order valence-corrected chi connectivity index (χ3v) is 3.59. The SMILES string of the molecule is O=C(O)[C@H]1O[C@@H](O)[C@H](O)[C@@H](O[C@@H]2O[C@@H](CO)[C@H](O)[C@H]2O)[C@@H]1O. The van der Waals surface area contributed by atoms with Crippen molar-refractivity contribution in [3.05, 3.63) is 0 Å². The van der Waals surface area contributed by atoms with E-state index in [0.29, 0.717) is 0 Å². The Morgan fingerprint density at radius 1 is 0.955 bits per heavy atom. The number of hydrogen-bond acceptors (Lipinski definition) is 10. The monoisotopic (exact) mass is 326 g/mol. The van der Waals surface area contributed by atoms with E-state index in [1.54, 1.807) is 0 Å². The standard InChI is InChI=1S/C11H18O11/c12-1-2-3(13)4(14)11(20-2)22-7-5(15)8(9(17)18)21-10(19)6(7)16/h2-8,10-16,19H,1H2,(H,17,18)/t2-,3-,4+,5-,6+,7-,8-,10+,11-/m0/s1. The van der Waals surface area contributed by atoms with Gasteiger partial charge in [-0.15, -0.1) is 0 Å². The predicted molar refractivity (Wildman–Crippen MR) is 63.2 cm³/mol. The lowest BCUT2D eigenvalue weighted by Gasteiger charge is -2.39. The van der Waals surface area contributed by atoms with Gasteiger partial charge in [0, 0.05) is 0 Å². The van der Waals surface area contributed by atoms with Crippen LogP contribution in [0.1, 0.15) is 0 Å². The molecule has 2 fully saturated rings. The van der Waals surface area contributed by atoms with Crippen molar-refractivity contribution in [3.63, 3.8) is 0 Å². The summed E-state index contributed by atoms with van der Waals surface area (Å²) in [5, 5.41) is 66.2. The van der Waals surface area contributed by atoms with Gasteiger partial charge < -0.3 is 50.0 Å². The van der Waals surface area contributed by atoms with Crippen LogP contribution < -0.4 is 0 Å². The fourth-order valence-electron chi connectivity index (χ4n) is 2.35. The van der Waals surface area contributed by atoms with E-state index in [4.69, 9.17) is 19.7 Å². The fourth-order valence-corrected chi connectivity index (χ4v) is 2.35. The van der Waals surface area contributed by atoms with E-state index in [-0.39, 0.29) is 0 Å². The first-order chi connectivity index (χ1) is 10.3. The Bertz CT molecular complexity index is 403. The highest BCUT2D eigenvalue weighted by Gasteiger charge is 2.51. The molecule has 7 N–H and O–H groups in total. The molecular weight excluding hydrogens is 308 g/mol. The van der Waals surface area contributed by atoms with Gasteiger partial charge in [0.1, 0.15) is 36.6 Å². The second-order valence-electron chi connectivity index (χ2n) is 5.07. The summed E-state index contributed by atoms with van der Waals surface area (Å²) < 4.78 is 14.6. The van der Waals surface area contributed by atoms with Crippen molar-refractivity contribution in [1.29, 1.82) is 0 Å². The van der Waals surface area contributed by atoms with Crippen molar-refractivity contribution < 1.29 is 54.8 Å². The van der Waals surface area contributed by atoms with Crippen LogP contribution in [0.15, 0.2) is 0 Å². The lowest BCUT2D eigenvalue weighted by Crippen LogP contribution is -2.61. The van der Waals surface area contributed by atoms with E-state index < -0.39 is 67.9 Å². The van der Waals surface area contributed by atoms with Crippen LogP contribution in [-0.4, -0.2) is 104 Å². The highest BCUT2D eigenvalue weighted by atomic mass is 16.7. The summed E-state index contributed by atoms with van der Waals surface area (Å²) in [5.74, 6) is -1.59. The van der Waals surface area contributed by atoms with Crippen LogP contribution in [0.5, 0.6) is 0 Å². The third-order valence-electron chi connectivity index (χ3n) is 3.59. The normalized spacial score (nSPS) is 49.3. The van der Waals surface area contributed by atoms with Gasteiger partial charge in [-0.1, -0.05) is 0 Å². The summed E-state index contributed by atoms with van der Waals surface area (Å²) in [7, 11) is 0. The molecule has 128 valence electrons. The Balaban J connectivity index is 2.11. The fraction of sp³-hybridized carbons (Fsp3) is 0.909. The quantitative estimate of drug-likeness (QED) is 0.263. The molecule has 2 rings (SSSR count). The van der Waals surface area contributed by atoms with Crippen LogP contribution in [-0.2, 0) is 19.0 Å². The Morgan fingerprint density at radius 3 is 2.09 bits per heavy atom. The van der Waals surface area contributed by atoms with E-state index in [1.165, 1.54) is 0 Å². The van der Waals surface area contributed by atoms with E-state index >= 15 is 0 Å². The van der Waals surface area contributed by atoms with Crippen LogP contribution in [0.3, 0.4) is 0 Å². The van der Waals surface area contributed by atoms with Crippen molar-refractivity contribution in [2.75, 3.05) is 6.61 Å². The van der Waals surface area contributed by atoms with Gasteiger partial charge in [0.15, 0.2) is 18.7 Å². The van der Waals surface area contributed by atoms with E-state index in [2.05, 4.69) is 4.74 Å². The maximum absolute atomic E-state index is 10.9. The molecule has 2 aliphatic rings. The number of carboxylic acid groups (broad SMARTS) is 1. The number of hydrogen-bond donors (Lipinski definition) is 7. The molecule has 0 spiro atoms. The predicted octanol–water partition coefficient (Wildman–Crippen LogP) is -4.67. The molecule has 2 saturated heterocycles. The maximum atomic E-state index is 10.9. The second kappa shape index (κ2) is 6.70. The molecular formula is C11H18O11. The molecule has 9 atom stereocenters. The van der Waals surface area contributed by atoms with E-state index in [1.807, 2.05) is 0 Å². The lowest BCUT2D eigenvalue weighted by molar-refractivity contribution is -0.315. The summed E-state index contributed by atoms with van der Waals surface area (Å²) in [5.41, 5.74) is 0. The highest BCUT2D eigenvalue weighted by Crippen LogP contribution is 2.28. The molecule has 0 aromatic rings. The zero-order chi connectivity index (χ0) is 16.6. The average Bonchev–Trinajstić information content (AvgIpc) is 2.74. The third kappa shape index (κ3) is 3.08. The van der Waals surface area contributed by atoms with Gasteiger partial charge in [-0.25, -0.2) is 4.79 Å². The molecule has 0 aromatic heterocycles. The molecule has 0 aliphatic carbocycles. The molecule has 0 radical (unpaired) electrons. The molecule has 11 nitrogen and oxygen atoms in total. The van der Waals surface area contributed by atoms with Crippen molar-refractivity contribution in [2.45, 2.75) is 55.3 Å². The molecule has 0 aromatic carbocycles. The number of carboxylic acids is 1. The molecule has 2 heterocycles. The first kappa shape index (κ1) is 17.5. The first-order valence-electron chi connectivity index (χ1n) is 6.48. The minimum absolute atomic E-state index is 0.614. The Labute approximate surface area is 123 Å².